The van der Waals surface area contributed by atoms with Gasteiger partial charge in [0.25, 0.3) is 23.6 Å². The average molecular weight is 334 g/mol. The number of carbonyl (C=O) groups is 4. The summed E-state index contributed by atoms with van der Waals surface area (Å²) >= 11 is 0. The molecule has 0 spiro atoms. The second kappa shape index (κ2) is 5.37. The topological polar surface area (TPSA) is 74.8 Å². The van der Waals surface area contributed by atoms with Crippen LogP contribution in [0.1, 0.15) is 54.8 Å². The SMILES string of the molecule is CCC(N1C(=O)c2ccccc2C1=O)N1C(=O)c2ccccc2C1=O. The Morgan fingerprint density at radius 3 is 1.16 bits per heavy atom. The third kappa shape index (κ3) is 1.97. The third-order valence-corrected chi connectivity index (χ3v) is 4.61. The molecule has 124 valence electrons. The molecule has 6 heteroatoms. The van der Waals surface area contributed by atoms with Gasteiger partial charge in [0.05, 0.1) is 22.3 Å². The Labute approximate surface area is 143 Å². The van der Waals surface area contributed by atoms with Gasteiger partial charge in [0.1, 0.15) is 6.17 Å². The van der Waals surface area contributed by atoms with Crippen molar-refractivity contribution in [1.82, 2.24) is 9.80 Å². The van der Waals surface area contributed by atoms with E-state index in [9.17, 15) is 19.2 Å². The third-order valence-electron chi connectivity index (χ3n) is 4.61. The van der Waals surface area contributed by atoms with Crippen molar-refractivity contribution < 1.29 is 19.2 Å². The Balaban J connectivity index is 1.76. The molecule has 6 nitrogen and oxygen atoms in total. The predicted octanol–water partition coefficient (Wildman–Crippen LogP) is 2.31. The summed E-state index contributed by atoms with van der Waals surface area (Å²) in [5, 5.41) is 0. The predicted molar refractivity (Wildman–Crippen MR) is 88.0 cm³/mol. The van der Waals surface area contributed by atoms with E-state index in [1.165, 1.54) is 0 Å². The second-order valence-corrected chi connectivity index (χ2v) is 5.94. The van der Waals surface area contributed by atoms with E-state index in [0.29, 0.717) is 22.3 Å². The fourth-order valence-electron chi connectivity index (χ4n) is 3.44. The van der Waals surface area contributed by atoms with E-state index < -0.39 is 29.8 Å². The molecule has 0 N–H and O–H groups in total. The van der Waals surface area contributed by atoms with Gasteiger partial charge >= 0.3 is 0 Å². The van der Waals surface area contributed by atoms with Crippen molar-refractivity contribution in [2.75, 3.05) is 0 Å². The summed E-state index contributed by atoms with van der Waals surface area (Å²) in [4.78, 5) is 52.9. The molecule has 2 aliphatic heterocycles. The van der Waals surface area contributed by atoms with E-state index in [1.54, 1.807) is 55.5 Å². The van der Waals surface area contributed by atoms with Gasteiger partial charge in [0.15, 0.2) is 0 Å². The number of hydrogen-bond acceptors (Lipinski definition) is 4. The lowest BCUT2D eigenvalue weighted by molar-refractivity contribution is 0.0282. The number of benzene rings is 2. The highest BCUT2D eigenvalue weighted by molar-refractivity contribution is 6.24. The van der Waals surface area contributed by atoms with Crippen LogP contribution in [0.15, 0.2) is 48.5 Å². The summed E-state index contributed by atoms with van der Waals surface area (Å²) in [5.74, 6) is -1.93. The monoisotopic (exact) mass is 334 g/mol. The standard InChI is InChI=1S/C19H14N2O4/c1-2-15(20-16(22)11-7-3-4-8-12(11)17(20)23)21-18(24)13-9-5-6-10-14(13)19(21)25/h3-10,15H,2H2,1H3. The minimum Gasteiger partial charge on any atom is -0.268 e. The Morgan fingerprint density at radius 1 is 0.640 bits per heavy atom. The molecule has 0 saturated heterocycles. The maximum Gasteiger partial charge on any atom is 0.263 e. The van der Waals surface area contributed by atoms with Crippen LogP contribution in [0.3, 0.4) is 0 Å². The molecule has 0 saturated carbocycles. The number of carbonyl (C=O) groups excluding carboxylic acids is 4. The summed E-state index contributed by atoms with van der Waals surface area (Å²) in [6, 6.07) is 13.0. The Bertz CT molecular complexity index is 804. The first-order valence-electron chi connectivity index (χ1n) is 8.00. The molecule has 2 aromatic carbocycles. The van der Waals surface area contributed by atoms with Gasteiger partial charge in [0, 0.05) is 0 Å². The first-order valence-corrected chi connectivity index (χ1v) is 8.00. The van der Waals surface area contributed by atoms with Gasteiger partial charge in [-0.15, -0.1) is 0 Å². The summed E-state index contributed by atoms with van der Waals surface area (Å²) < 4.78 is 0. The van der Waals surface area contributed by atoms with Crippen LogP contribution in [-0.2, 0) is 0 Å². The molecular formula is C19H14N2O4. The van der Waals surface area contributed by atoms with E-state index in [0.717, 1.165) is 9.80 Å². The Kier molecular flexibility index (Phi) is 3.28. The number of nitrogens with zero attached hydrogens (tertiary/aromatic N) is 2. The van der Waals surface area contributed by atoms with Crippen LogP contribution in [-0.4, -0.2) is 39.6 Å². The Morgan fingerprint density at radius 2 is 0.920 bits per heavy atom. The van der Waals surface area contributed by atoms with E-state index in [1.807, 2.05) is 0 Å². The first-order chi connectivity index (χ1) is 12.1. The Hall–Kier alpha value is -3.28. The molecule has 0 fully saturated rings. The van der Waals surface area contributed by atoms with Crippen LogP contribution in [0.2, 0.25) is 0 Å². The van der Waals surface area contributed by atoms with Gasteiger partial charge in [-0.25, -0.2) is 0 Å². The molecule has 2 aromatic rings. The van der Waals surface area contributed by atoms with Gasteiger partial charge in [-0.05, 0) is 30.7 Å². The first kappa shape index (κ1) is 15.3. The highest BCUT2D eigenvalue weighted by Gasteiger charge is 2.47. The molecule has 0 unspecified atom stereocenters. The van der Waals surface area contributed by atoms with Crippen molar-refractivity contribution in [2.45, 2.75) is 19.5 Å². The van der Waals surface area contributed by atoms with E-state index in [-0.39, 0.29) is 6.42 Å². The molecule has 4 amide bonds. The lowest BCUT2D eigenvalue weighted by Crippen LogP contribution is -2.52. The van der Waals surface area contributed by atoms with Crippen molar-refractivity contribution >= 4 is 23.6 Å². The zero-order chi connectivity index (χ0) is 17.7. The summed E-state index contributed by atoms with van der Waals surface area (Å²) in [7, 11) is 0. The van der Waals surface area contributed by atoms with Gasteiger partial charge in [-0.3, -0.25) is 29.0 Å². The van der Waals surface area contributed by atoms with E-state index in [2.05, 4.69) is 0 Å². The lowest BCUT2D eigenvalue weighted by atomic mass is 10.1. The van der Waals surface area contributed by atoms with Crippen LogP contribution in [0.25, 0.3) is 0 Å². The molecule has 2 heterocycles. The summed E-state index contributed by atoms with van der Waals surface area (Å²) in [6.07, 6.45) is -0.684. The number of imide groups is 2. The van der Waals surface area contributed by atoms with E-state index in [4.69, 9.17) is 0 Å². The van der Waals surface area contributed by atoms with Gasteiger partial charge < -0.3 is 0 Å². The molecular weight excluding hydrogens is 320 g/mol. The number of rotatable bonds is 3. The van der Waals surface area contributed by atoms with Crippen molar-refractivity contribution in [3.05, 3.63) is 70.8 Å². The lowest BCUT2D eigenvalue weighted by Gasteiger charge is -2.31. The van der Waals surface area contributed by atoms with Crippen molar-refractivity contribution in [1.29, 1.82) is 0 Å². The van der Waals surface area contributed by atoms with Crippen molar-refractivity contribution in [2.24, 2.45) is 0 Å². The fourth-order valence-corrected chi connectivity index (χ4v) is 3.44. The molecule has 0 aromatic heterocycles. The number of amides is 4. The minimum absolute atomic E-state index is 0.261. The molecule has 25 heavy (non-hydrogen) atoms. The van der Waals surface area contributed by atoms with Crippen LogP contribution in [0, 0.1) is 0 Å². The van der Waals surface area contributed by atoms with Gasteiger partial charge in [0.2, 0.25) is 0 Å². The quantitative estimate of drug-likeness (QED) is 0.807. The molecule has 0 atom stereocenters. The molecule has 0 radical (unpaired) electrons. The molecule has 4 rings (SSSR count). The van der Waals surface area contributed by atoms with Crippen LogP contribution >= 0.6 is 0 Å². The number of hydrogen-bond donors (Lipinski definition) is 0. The average Bonchev–Trinajstić information content (AvgIpc) is 3.04. The molecule has 0 bridgehead atoms. The molecule has 0 aliphatic carbocycles. The van der Waals surface area contributed by atoms with Crippen LogP contribution in [0.4, 0.5) is 0 Å². The van der Waals surface area contributed by atoms with Crippen LogP contribution < -0.4 is 0 Å². The van der Waals surface area contributed by atoms with Gasteiger partial charge in [-0.2, -0.15) is 0 Å². The normalized spacial score (nSPS) is 16.1. The minimum atomic E-state index is -0.945. The highest BCUT2D eigenvalue weighted by atomic mass is 16.2. The highest BCUT2D eigenvalue weighted by Crippen LogP contribution is 2.31. The molecule has 2 aliphatic rings. The van der Waals surface area contributed by atoms with E-state index >= 15 is 0 Å². The maximum absolute atomic E-state index is 12.7. The largest absolute Gasteiger partial charge is 0.268 e. The zero-order valence-corrected chi connectivity index (χ0v) is 13.4. The number of fused-ring (bicyclic) bond motifs is 2. The fraction of sp³-hybridized carbons (Fsp3) is 0.158. The van der Waals surface area contributed by atoms with Crippen molar-refractivity contribution in [3.63, 3.8) is 0 Å². The summed E-state index contributed by atoms with van der Waals surface area (Å²) in [6.45, 7) is 1.73. The maximum atomic E-state index is 12.7. The summed E-state index contributed by atoms with van der Waals surface area (Å²) in [5.41, 5.74) is 1.18. The van der Waals surface area contributed by atoms with Gasteiger partial charge in [-0.1, -0.05) is 31.2 Å². The zero-order valence-electron chi connectivity index (χ0n) is 13.4. The van der Waals surface area contributed by atoms with Crippen LogP contribution in [0.5, 0.6) is 0 Å². The van der Waals surface area contributed by atoms with Crippen molar-refractivity contribution in [3.8, 4) is 0 Å². The smallest absolute Gasteiger partial charge is 0.263 e. The second-order valence-electron chi connectivity index (χ2n) is 5.94.